The molecule has 9 nitrogen and oxygen atoms in total. The Kier molecular flexibility index (Phi) is 6.05. The molecule has 0 fully saturated rings. The Hall–Kier alpha value is -5.64. The second kappa shape index (κ2) is 10.2. The number of hydrogen-bond acceptors (Lipinski definition) is 7. The second-order valence-corrected chi connectivity index (χ2v) is 9.39. The van der Waals surface area contributed by atoms with Crippen molar-refractivity contribution in [1.82, 2.24) is 35.1 Å². The molecule has 0 aliphatic rings. The van der Waals surface area contributed by atoms with Gasteiger partial charge in [0.25, 0.3) is 0 Å². The summed E-state index contributed by atoms with van der Waals surface area (Å²) in [5, 5.41) is 8.38. The van der Waals surface area contributed by atoms with E-state index < -0.39 is 5.82 Å². The summed E-state index contributed by atoms with van der Waals surface area (Å²) in [6.07, 6.45) is 6.81. The van der Waals surface area contributed by atoms with E-state index in [1.165, 1.54) is 19.2 Å². The van der Waals surface area contributed by atoms with Crippen LogP contribution in [0.3, 0.4) is 0 Å². The van der Waals surface area contributed by atoms with Crippen LogP contribution in [0.25, 0.3) is 56.0 Å². The Morgan fingerprint density at radius 2 is 1.71 bits per heavy atom. The van der Waals surface area contributed by atoms with Gasteiger partial charge in [0.15, 0.2) is 5.82 Å². The maximum atomic E-state index is 14.3. The summed E-state index contributed by atoms with van der Waals surface area (Å²) in [7, 11) is 1.50. The molecule has 7 rings (SSSR count). The van der Waals surface area contributed by atoms with Crippen molar-refractivity contribution in [2.45, 2.75) is 6.61 Å². The molecule has 0 bridgehead atoms. The van der Waals surface area contributed by atoms with E-state index in [0.717, 1.165) is 27.5 Å². The van der Waals surface area contributed by atoms with E-state index in [9.17, 15) is 4.39 Å². The molecule has 0 unspecified atom stereocenters. The number of aromatic amines is 2. The lowest BCUT2D eigenvalue weighted by molar-refractivity contribution is 0.305. The van der Waals surface area contributed by atoms with Crippen molar-refractivity contribution < 1.29 is 13.9 Å². The molecular weight excluding hydrogens is 521 g/mol. The molecule has 7 aromatic rings. The Labute approximate surface area is 233 Å². The van der Waals surface area contributed by atoms with Crippen molar-refractivity contribution in [2.75, 3.05) is 7.11 Å². The smallest absolute Gasteiger partial charge is 0.159 e. The number of aromatic nitrogens is 7. The molecule has 5 heterocycles. The highest BCUT2D eigenvalue weighted by atomic mass is 19.1. The maximum absolute atomic E-state index is 14.3. The zero-order valence-electron chi connectivity index (χ0n) is 21.8. The monoisotopic (exact) mass is 543 g/mol. The number of pyridine rings is 3. The first-order valence-electron chi connectivity index (χ1n) is 12.8. The molecule has 0 aliphatic heterocycles. The molecule has 0 saturated carbocycles. The summed E-state index contributed by atoms with van der Waals surface area (Å²) in [4.78, 5) is 21.6. The van der Waals surface area contributed by atoms with E-state index in [-0.39, 0.29) is 0 Å². The molecule has 0 amide bonds. The molecule has 0 saturated heterocycles. The quantitative estimate of drug-likeness (QED) is 0.241. The molecule has 2 N–H and O–H groups in total. The van der Waals surface area contributed by atoms with Gasteiger partial charge in [-0.3, -0.25) is 20.1 Å². The SMILES string of the molecule is COc1cc(F)cc(-c2nccc3[nH]c(-c4n[nH]c5cnc(-c6cncc(OCc7ccccc7)c6)cc45)nc23)c1. The fraction of sp³-hybridized carbons (Fsp3) is 0.0645. The molecule has 0 atom stereocenters. The lowest BCUT2D eigenvalue weighted by atomic mass is 10.1. The van der Waals surface area contributed by atoms with Gasteiger partial charge in [-0.05, 0) is 35.9 Å². The molecule has 200 valence electrons. The number of imidazole rings is 1. The number of halogens is 1. The van der Waals surface area contributed by atoms with Crippen molar-refractivity contribution in [2.24, 2.45) is 0 Å². The van der Waals surface area contributed by atoms with Gasteiger partial charge in [-0.15, -0.1) is 0 Å². The van der Waals surface area contributed by atoms with Crippen molar-refractivity contribution in [3.05, 3.63) is 103 Å². The molecule has 10 heteroatoms. The van der Waals surface area contributed by atoms with E-state index in [4.69, 9.17) is 14.5 Å². The van der Waals surface area contributed by atoms with Gasteiger partial charge < -0.3 is 14.5 Å². The van der Waals surface area contributed by atoms with Crippen LogP contribution in [0.1, 0.15) is 5.56 Å². The van der Waals surface area contributed by atoms with Gasteiger partial charge in [0, 0.05) is 35.0 Å². The van der Waals surface area contributed by atoms with Crippen LogP contribution in [0.15, 0.2) is 91.5 Å². The molecule has 5 aromatic heterocycles. The van der Waals surface area contributed by atoms with Crippen LogP contribution in [0.5, 0.6) is 11.5 Å². The second-order valence-electron chi connectivity index (χ2n) is 9.39. The number of H-pyrrole nitrogens is 2. The summed E-state index contributed by atoms with van der Waals surface area (Å²) in [5.41, 5.74) is 6.38. The molecular formula is C31H22FN7O2. The summed E-state index contributed by atoms with van der Waals surface area (Å²) in [6, 6.07) is 20.1. The molecule has 0 radical (unpaired) electrons. The Morgan fingerprint density at radius 3 is 2.59 bits per heavy atom. The molecule has 0 aliphatic carbocycles. The first kappa shape index (κ1) is 24.4. The lowest BCUT2D eigenvalue weighted by Crippen LogP contribution is -1.96. The lowest BCUT2D eigenvalue weighted by Gasteiger charge is -2.08. The van der Waals surface area contributed by atoms with Gasteiger partial charge in [0.2, 0.25) is 0 Å². The maximum Gasteiger partial charge on any atom is 0.159 e. The largest absolute Gasteiger partial charge is 0.497 e. The van der Waals surface area contributed by atoms with Crippen molar-refractivity contribution in [3.8, 4) is 45.5 Å². The van der Waals surface area contributed by atoms with E-state index in [0.29, 0.717) is 52.1 Å². The summed E-state index contributed by atoms with van der Waals surface area (Å²) >= 11 is 0. The highest BCUT2D eigenvalue weighted by Crippen LogP contribution is 2.33. The Bertz CT molecular complexity index is 2020. The van der Waals surface area contributed by atoms with Crippen LogP contribution in [-0.4, -0.2) is 42.2 Å². The number of rotatable bonds is 7. The number of methoxy groups -OCH3 is 1. The highest BCUT2D eigenvalue weighted by molar-refractivity contribution is 5.97. The van der Waals surface area contributed by atoms with Crippen LogP contribution in [0.2, 0.25) is 0 Å². The topological polar surface area (TPSA) is 114 Å². The van der Waals surface area contributed by atoms with E-state index in [1.54, 1.807) is 30.9 Å². The average molecular weight is 544 g/mol. The molecule has 41 heavy (non-hydrogen) atoms. The number of benzene rings is 2. The third-order valence-electron chi connectivity index (χ3n) is 6.71. The van der Waals surface area contributed by atoms with Gasteiger partial charge in [0.1, 0.15) is 35.1 Å². The predicted octanol–water partition coefficient (Wildman–Crippen LogP) is 6.35. The van der Waals surface area contributed by atoms with Crippen LogP contribution in [0.4, 0.5) is 4.39 Å². The van der Waals surface area contributed by atoms with Crippen molar-refractivity contribution >= 4 is 21.9 Å². The number of hydrogen-bond donors (Lipinski definition) is 2. The highest BCUT2D eigenvalue weighted by Gasteiger charge is 2.18. The third-order valence-corrected chi connectivity index (χ3v) is 6.71. The fourth-order valence-corrected chi connectivity index (χ4v) is 4.71. The minimum atomic E-state index is -0.420. The van der Waals surface area contributed by atoms with Gasteiger partial charge in [-0.2, -0.15) is 5.10 Å². The zero-order chi connectivity index (χ0) is 27.8. The molecule has 0 spiro atoms. The van der Waals surface area contributed by atoms with Crippen LogP contribution >= 0.6 is 0 Å². The minimum absolute atomic E-state index is 0.400. The molecule has 2 aromatic carbocycles. The van der Waals surface area contributed by atoms with E-state index in [2.05, 4.69) is 30.1 Å². The summed E-state index contributed by atoms with van der Waals surface area (Å²) in [5.74, 6) is 1.17. The van der Waals surface area contributed by atoms with Crippen LogP contribution < -0.4 is 9.47 Å². The van der Waals surface area contributed by atoms with Crippen LogP contribution in [-0.2, 0) is 6.61 Å². The third kappa shape index (κ3) is 4.71. The first-order valence-corrected chi connectivity index (χ1v) is 12.8. The first-order chi connectivity index (χ1) is 20.1. The average Bonchev–Trinajstić information content (AvgIpc) is 3.64. The Balaban J connectivity index is 1.24. The number of fused-ring (bicyclic) bond motifs is 2. The predicted molar refractivity (Wildman–Crippen MR) is 153 cm³/mol. The zero-order valence-corrected chi connectivity index (χ0v) is 21.8. The van der Waals surface area contributed by atoms with Gasteiger partial charge >= 0.3 is 0 Å². The van der Waals surface area contributed by atoms with E-state index >= 15 is 0 Å². The fourth-order valence-electron chi connectivity index (χ4n) is 4.71. The van der Waals surface area contributed by atoms with Gasteiger partial charge in [0.05, 0.1) is 41.9 Å². The van der Waals surface area contributed by atoms with Gasteiger partial charge in [-0.1, -0.05) is 30.3 Å². The van der Waals surface area contributed by atoms with Crippen LogP contribution in [0, 0.1) is 5.82 Å². The number of nitrogens with one attached hydrogen (secondary N) is 2. The summed E-state index contributed by atoms with van der Waals surface area (Å²) < 4.78 is 25.5. The van der Waals surface area contributed by atoms with Crippen molar-refractivity contribution in [1.29, 1.82) is 0 Å². The minimum Gasteiger partial charge on any atom is -0.497 e. The number of nitrogens with zero attached hydrogens (tertiary/aromatic N) is 5. The Morgan fingerprint density at radius 1 is 0.829 bits per heavy atom. The summed E-state index contributed by atoms with van der Waals surface area (Å²) in [6.45, 7) is 0.440. The van der Waals surface area contributed by atoms with E-state index in [1.807, 2.05) is 48.5 Å². The normalized spacial score (nSPS) is 11.3. The van der Waals surface area contributed by atoms with Crippen molar-refractivity contribution in [3.63, 3.8) is 0 Å². The number of ether oxygens (including phenoxy) is 2. The standard InChI is InChI=1S/C31H22FN7O2/c1-40-22-10-19(9-21(32)12-22)28-30-25(7-8-34-28)36-31(37-30)29-24-13-26(35-16-27(24)38-39-29)20-11-23(15-33-14-20)41-17-18-5-3-2-4-6-18/h2-16H,17H2,1H3,(H,36,37)(H,38,39). The van der Waals surface area contributed by atoms with Gasteiger partial charge in [-0.25, -0.2) is 9.37 Å².